The minimum Gasteiger partial charge on any atom is -0.357 e. The molecule has 1 rings (SSSR count). The van der Waals surface area contributed by atoms with Crippen LogP contribution in [0.1, 0.15) is 47.0 Å². The van der Waals surface area contributed by atoms with Crippen LogP contribution in [-0.4, -0.2) is 49.6 Å². The van der Waals surface area contributed by atoms with E-state index < -0.39 is 0 Å². The molecule has 0 aromatic rings. The summed E-state index contributed by atoms with van der Waals surface area (Å²) < 4.78 is 0. The van der Waals surface area contributed by atoms with Crippen LogP contribution in [0, 0.1) is 5.92 Å². The molecule has 112 valence electrons. The zero-order valence-corrected chi connectivity index (χ0v) is 13.2. The molecule has 4 nitrogen and oxygen atoms in total. The third-order valence-corrected chi connectivity index (χ3v) is 3.77. The minimum absolute atomic E-state index is 0.479. The Balaban J connectivity index is 2.33. The van der Waals surface area contributed by atoms with E-state index in [2.05, 4.69) is 48.2 Å². The standard InChI is InChI=1S/C15H32N4/c1-5-14(4)18-15(16-6-2)17-9-11-19-10-7-8-13(3)12-19/h13-14H,5-12H2,1-4H3,(H2,16,17,18). The summed E-state index contributed by atoms with van der Waals surface area (Å²) in [5.41, 5.74) is 0. The predicted octanol–water partition coefficient (Wildman–Crippen LogP) is 2.07. The summed E-state index contributed by atoms with van der Waals surface area (Å²) in [6, 6.07) is 0.479. The van der Waals surface area contributed by atoms with Gasteiger partial charge in [0.1, 0.15) is 0 Å². The van der Waals surface area contributed by atoms with Crippen LogP contribution in [0.4, 0.5) is 0 Å². The number of rotatable bonds is 6. The van der Waals surface area contributed by atoms with Gasteiger partial charge in [0.15, 0.2) is 5.96 Å². The fourth-order valence-corrected chi connectivity index (χ4v) is 2.45. The Bertz CT molecular complexity index is 265. The number of nitrogens with zero attached hydrogens (tertiary/aromatic N) is 2. The van der Waals surface area contributed by atoms with Crippen LogP contribution in [0.2, 0.25) is 0 Å². The largest absolute Gasteiger partial charge is 0.357 e. The molecule has 2 N–H and O–H groups in total. The molecule has 0 bridgehead atoms. The van der Waals surface area contributed by atoms with Crippen LogP contribution in [0.3, 0.4) is 0 Å². The van der Waals surface area contributed by atoms with Crippen LogP contribution in [0.25, 0.3) is 0 Å². The number of likely N-dealkylation sites (tertiary alicyclic amines) is 1. The summed E-state index contributed by atoms with van der Waals surface area (Å²) in [5, 5.41) is 6.75. The van der Waals surface area contributed by atoms with Gasteiger partial charge in [-0.25, -0.2) is 0 Å². The maximum absolute atomic E-state index is 4.67. The van der Waals surface area contributed by atoms with Crippen LogP contribution in [0.5, 0.6) is 0 Å². The molecular weight excluding hydrogens is 236 g/mol. The first-order valence-corrected chi connectivity index (χ1v) is 7.92. The normalized spacial score (nSPS) is 23.2. The van der Waals surface area contributed by atoms with Gasteiger partial charge in [0.2, 0.25) is 0 Å². The van der Waals surface area contributed by atoms with Gasteiger partial charge in [0.25, 0.3) is 0 Å². The average Bonchev–Trinajstić information content (AvgIpc) is 2.39. The van der Waals surface area contributed by atoms with Gasteiger partial charge in [-0.05, 0) is 45.6 Å². The van der Waals surface area contributed by atoms with Gasteiger partial charge >= 0.3 is 0 Å². The molecule has 0 spiro atoms. The zero-order valence-electron chi connectivity index (χ0n) is 13.2. The second-order valence-corrected chi connectivity index (χ2v) is 5.76. The third-order valence-electron chi connectivity index (χ3n) is 3.77. The summed E-state index contributed by atoms with van der Waals surface area (Å²) >= 11 is 0. The minimum atomic E-state index is 0.479. The molecule has 0 aliphatic carbocycles. The van der Waals surface area contributed by atoms with Crippen molar-refractivity contribution in [3.8, 4) is 0 Å². The number of aliphatic imine (C=N–C) groups is 1. The van der Waals surface area contributed by atoms with Crippen LogP contribution in [0.15, 0.2) is 4.99 Å². The number of hydrogen-bond donors (Lipinski definition) is 2. The molecule has 0 saturated carbocycles. The van der Waals surface area contributed by atoms with E-state index >= 15 is 0 Å². The molecule has 0 aromatic heterocycles. The van der Waals surface area contributed by atoms with E-state index in [1.165, 1.54) is 25.9 Å². The summed E-state index contributed by atoms with van der Waals surface area (Å²) in [7, 11) is 0. The maximum Gasteiger partial charge on any atom is 0.191 e. The van der Waals surface area contributed by atoms with Crippen LogP contribution < -0.4 is 10.6 Å². The Hall–Kier alpha value is -0.770. The highest BCUT2D eigenvalue weighted by Gasteiger charge is 2.15. The van der Waals surface area contributed by atoms with E-state index in [1.54, 1.807) is 0 Å². The van der Waals surface area contributed by atoms with E-state index in [4.69, 9.17) is 0 Å². The highest BCUT2D eigenvalue weighted by atomic mass is 15.2. The Kier molecular flexibility index (Phi) is 7.87. The Morgan fingerprint density at radius 2 is 2.21 bits per heavy atom. The fraction of sp³-hybridized carbons (Fsp3) is 0.933. The lowest BCUT2D eigenvalue weighted by Gasteiger charge is -2.30. The summed E-state index contributed by atoms with van der Waals surface area (Å²) in [5.74, 6) is 1.81. The van der Waals surface area contributed by atoms with Crippen LogP contribution >= 0.6 is 0 Å². The highest BCUT2D eigenvalue weighted by molar-refractivity contribution is 5.80. The molecular formula is C15H32N4. The van der Waals surface area contributed by atoms with Crippen molar-refractivity contribution in [2.45, 2.75) is 53.0 Å². The molecule has 0 amide bonds. The molecule has 19 heavy (non-hydrogen) atoms. The second-order valence-electron chi connectivity index (χ2n) is 5.76. The smallest absolute Gasteiger partial charge is 0.191 e. The molecule has 1 saturated heterocycles. The van der Waals surface area contributed by atoms with Gasteiger partial charge in [0.05, 0.1) is 6.54 Å². The molecule has 1 aliphatic heterocycles. The first-order valence-electron chi connectivity index (χ1n) is 7.92. The summed E-state index contributed by atoms with van der Waals surface area (Å²) in [6.07, 6.45) is 3.85. The SMILES string of the molecule is CCNC(=NCCN1CCCC(C)C1)NC(C)CC. The number of hydrogen-bond acceptors (Lipinski definition) is 2. The van der Waals surface area contributed by atoms with Crippen molar-refractivity contribution in [1.29, 1.82) is 0 Å². The van der Waals surface area contributed by atoms with Gasteiger partial charge in [-0.15, -0.1) is 0 Å². The predicted molar refractivity (Wildman–Crippen MR) is 83.7 cm³/mol. The van der Waals surface area contributed by atoms with Crippen molar-refractivity contribution >= 4 is 5.96 Å². The van der Waals surface area contributed by atoms with Crippen molar-refractivity contribution in [1.82, 2.24) is 15.5 Å². The van der Waals surface area contributed by atoms with Gasteiger partial charge in [-0.2, -0.15) is 0 Å². The fourth-order valence-electron chi connectivity index (χ4n) is 2.45. The Morgan fingerprint density at radius 3 is 2.84 bits per heavy atom. The molecule has 1 heterocycles. The quantitative estimate of drug-likeness (QED) is 0.572. The topological polar surface area (TPSA) is 39.7 Å². The Labute approximate surface area is 119 Å². The number of piperidine rings is 1. The second kappa shape index (κ2) is 9.18. The first-order chi connectivity index (χ1) is 9.15. The van der Waals surface area contributed by atoms with E-state index in [0.29, 0.717) is 6.04 Å². The van der Waals surface area contributed by atoms with Crippen molar-refractivity contribution in [2.75, 3.05) is 32.7 Å². The highest BCUT2D eigenvalue weighted by Crippen LogP contribution is 2.14. The lowest BCUT2D eigenvalue weighted by Crippen LogP contribution is -2.42. The van der Waals surface area contributed by atoms with Gasteiger partial charge in [-0.3, -0.25) is 4.99 Å². The number of guanidine groups is 1. The lowest BCUT2D eigenvalue weighted by molar-refractivity contribution is 0.189. The van der Waals surface area contributed by atoms with Crippen molar-refractivity contribution < 1.29 is 0 Å². The van der Waals surface area contributed by atoms with E-state index in [9.17, 15) is 0 Å². The molecule has 4 heteroatoms. The average molecular weight is 268 g/mol. The monoisotopic (exact) mass is 268 g/mol. The summed E-state index contributed by atoms with van der Waals surface area (Å²) in [4.78, 5) is 7.22. The maximum atomic E-state index is 4.67. The van der Waals surface area contributed by atoms with E-state index in [0.717, 1.165) is 37.9 Å². The zero-order chi connectivity index (χ0) is 14.1. The molecule has 0 aromatic carbocycles. The van der Waals surface area contributed by atoms with E-state index in [-0.39, 0.29) is 0 Å². The molecule has 2 atom stereocenters. The lowest BCUT2D eigenvalue weighted by atomic mass is 10.0. The summed E-state index contributed by atoms with van der Waals surface area (Å²) in [6.45, 7) is 14.2. The van der Waals surface area contributed by atoms with Crippen molar-refractivity contribution in [3.63, 3.8) is 0 Å². The van der Waals surface area contributed by atoms with Gasteiger partial charge in [-0.1, -0.05) is 13.8 Å². The van der Waals surface area contributed by atoms with Crippen molar-refractivity contribution in [3.05, 3.63) is 0 Å². The number of nitrogens with one attached hydrogen (secondary N) is 2. The van der Waals surface area contributed by atoms with E-state index in [1.807, 2.05) is 0 Å². The van der Waals surface area contributed by atoms with Crippen LogP contribution in [-0.2, 0) is 0 Å². The molecule has 1 aliphatic rings. The molecule has 0 radical (unpaired) electrons. The van der Waals surface area contributed by atoms with Gasteiger partial charge < -0.3 is 15.5 Å². The molecule has 1 fully saturated rings. The van der Waals surface area contributed by atoms with Crippen molar-refractivity contribution in [2.24, 2.45) is 10.9 Å². The third kappa shape index (κ3) is 6.81. The first kappa shape index (κ1) is 16.3. The molecule has 2 unspecified atom stereocenters. The Morgan fingerprint density at radius 1 is 1.42 bits per heavy atom. The van der Waals surface area contributed by atoms with Gasteiger partial charge in [0, 0.05) is 25.7 Å².